The third-order valence-corrected chi connectivity index (χ3v) is 3.54. The van der Waals surface area contributed by atoms with Crippen LogP contribution in [0.1, 0.15) is 30.0 Å². The van der Waals surface area contributed by atoms with Gasteiger partial charge in [0, 0.05) is 17.1 Å². The van der Waals surface area contributed by atoms with Crippen LogP contribution < -0.4 is 5.32 Å². The van der Waals surface area contributed by atoms with Crippen LogP contribution in [0.15, 0.2) is 12.1 Å². The highest BCUT2D eigenvalue weighted by molar-refractivity contribution is 7.09. The van der Waals surface area contributed by atoms with Gasteiger partial charge in [0.15, 0.2) is 0 Å². The number of hydrogen-bond donors (Lipinski definition) is 1. The van der Waals surface area contributed by atoms with Gasteiger partial charge in [-0.2, -0.15) is 17.5 Å². The molecule has 0 aliphatic heterocycles. The summed E-state index contributed by atoms with van der Waals surface area (Å²) in [5.41, 5.74) is -0.544. The summed E-state index contributed by atoms with van der Waals surface area (Å²) >= 11 is 6.99. The van der Waals surface area contributed by atoms with E-state index >= 15 is 0 Å². The lowest BCUT2D eigenvalue weighted by Gasteiger charge is -2.15. The minimum absolute atomic E-state index is 0.180. The molecule has 0 saturated heterocycles. The van der Waals surface area contributed by atoms with E-state index in [1.807, 2.05) is 0 Å². The van der Waals surface area contributed by atoms with Crippen LogP contribution in [0.2, 0.25) is 5.15 Å². The van der Waals surface area contributed by atoms with E-state index in [-0.39, 0.29) is 11.2 Å². The molecule has 2 aromatic heterocycles. The van der Waals surface area contributed by atoms with Gasteiger partial charge in [-0.15, -0.1) is 0 Å². The van der Waals surface area contributed by atoms with Gasteiger partial charge in [-0.3, -0.25) is 0 Å². The molecule has 20 heavy (non-hydrogen) atoms. The molecular weight excluding hydrogens is 313 g/mol. The predicted molar refractivity (Wildman–Crippen MR) is 70.9 cm³/mol. The Hall–Kier alpha value is -1.41. The molecule has 1 atom stereocenters. The van der Waals surface area contributed by atoms with Gasteiger partial charge in [-0.05, 0) is 19.9 Å². The standard InChI is InChI=1S/C11H10ClF3N4S/c1-5(16-10-17-6(2)19-20-10)7-3-4-8(11(13,14)15)18-9(7)12/h3-5H,1-2H3,(H,16,17,19)/t5-/m1/s1. The SMILES string of the molecule is Cc1nsc(N[C@H](C)c2ccc(C(F)(F)F)nc2Cl)n1. The third-order valence-electron chi connectivity index (χ3n) is 2.50. The topological polar surface area (TPSA) is 50.7 Å². The molecule has 0 saturated carbocycles. The Bertz CT molecular complexity index is 614. The smallest absolute Gasteiger partial charge is 0.354 e. The third kappa shape index (κ3) is 3.37. The quantitative estimate of drug-likeness (QED) is 0.865. The number of pyridine rings is 1. The highest BCUT2D eigenvalue weighted by atomic mass is 35.5. The van der Waals surface area contributed by atoms with Crippen molar-refractivity contribution in [3.05, 3.63) is 34.4 Å². The summed E-state index contributed by atoms with van der Waals surface area (Å²) in [6.45, 7) is 3.51. The molecule has 0 aliphatic carbocycles. The van der Waals surface area contributed by atoms with E-state index < -0.39 is 11.9 Å². The van der Waals surface area contributed by atoms with Gasteiger partial charge < -0.3 is 5.32 Å². The minimum Gasteiger partial charge on any atom is -0.354 e. The Labute approximate surface area is 122 Å². The number of rotatable bonds is 3. The molecular formula is C11H10ClF3N4S. The van der Waals surface area contributed by atoms with Crippen molar-refractivity contribution in [1.29, 1.82) is 0 Å². The normalized spacial score (nSPS) is 13.3. The number of alkyl halides is 3. The van der Waals surface area contributed by atoms with Crippen LogP contribution in [-0.4, -0.2) is 14.3 Å². The fourth-order valence-corrected chi connectivity index (χ4v) is 2.52. The molecule has 2 heterocycles. The Balaban J connectivity index is 2.20. The molecule has 9 heteroatoms. The highest BCUT2D eigenvalue weighted by Crippen LogP contribution is 2.32. The maximum Gasteiger partial charge on any atom is 0.433 e. The van der Waals surface area contributed by atoms with Crippen LogP contribution in [0.4, 0.5) is 18.3 Å². The summed E-state index contributed by atoms with van der Waals surface area (Å²) in [4.78, 5) is 7.50. The number of aromatic nitrogens is 3. The van der Waals surface area contributed by atoms with Crippen LogP contribution >= 0.6 is 23.1 Å². The average molecular weight is 323 g/mol. The van der Waals surface area contributed by atoms with E-state index in [1.165, 1.54) is 17.6 Å². The lowest BCUT2D eigenvalue weighted by molar-refractivity contribution is -0.141. The molecule has 2 aromatic rings. The van der Waals surface area contributed by atoms with Crippen molar-refractivity contribution in [1.82, 2.24) is 14.3 Å². The zero-order valence-corrected chi connectivity index (χ0v) is 12.1. The Morgan fingerprint density at radius 1 is 1.30 bits per heavy atom. The molecule has 108 valence electrons. The zero-order chi connectivity index (χ0) is 14.9. The van der Waals surface area contributed by atoms with Gasteiger partial charge >= 0.3 is 6.18 Å². The molecule has 0 radical (unpaired) electrons. The first-order valence-electron chi connectivity index (χ1n) is 5.58. The second-order valence-electron chi connectivity index (χ2n) is 4.09. The van der Waals surface area contributed by atoms with Crippen LogP contribution in [0.25, 0.3) is 0 Å². The van der Waals surface area contributed by atoms with E-state index in [1.54, 1.807) is 13.8 Å². The summed E-state index contributed by atoms with van der Waals surface area (Å²) < 4.78 is 41.5. The Kier molecular flexibility index (Phi) is 4.14. The van der Waals surface area contributed by atoms with Crippen molar-refractivity contribution in [3.63, 3.8) is 0 Å². The van der Waals surface area contributed by atoms with Crippen molar-refractivity contribution < 1.29 is 13.2 Å². The Morgan fingerprint density at radius 2 is 2.00 bits per heavy atom. The monoisotopic (exact) mass is 322 g/mol. The fourth-order valence-electron chi connectivity index (χ4n) is 1.54. The molecule has 0 fully saturated rings. The fraction of sp³-hybridized carbons (Fsp3) is 0.364. The number of aryl methyl sites for hydroxylation is 1. The molecule has 0 aliphatic rings. The molecule has 0 amide bonds. The van der Waals surface area contributed by atoms with Crippen molar-refractivity contribution in [2.75, 3.05) is 5.32 Å². The zero-order valence-electron chi connectivity index (χ0n) is 10.5. The second kappa shape index (κ2) is 5.53. The molecule has 0 unspecified atom stereocenters. The van der Waals surface area contributed by atoms with Gasteiger partial charge in [0.1, 0.15) is 16.7 Å². The van der Waals surface area contributed by atoms with Crippen molar-refractivity contribution in [2.24, 2.45) is 0 Å². The summed E-state index contributed by atoms with van der Waals surface area (Å²) in [6, 6.07) is 1.89. The van der Waals surface area contributed by atoms with Crippen molar-refractivity contribution >= 4 is 28.3 Å². The molecule has 0 spiro atoms. The predicted octanol–water partition coefficient (Wildman–Crippen LogP) is 4.09. The van der Waals surface area contributed by atoms with Crippen LogP contribution in [0.3, 0.4) is 0 Å². The van der Waals surface area contributed by atoms with Crippen molar-refractivity contribution in [3.8, 4) is 0 Å². The van der Waals surface area contributed by atoms with Crippen LogP contribution in [0, 0.1) is 6.92 Å². The number of anilines is 1. The first-order valence-corrected chi connectivity index (χ1v) is 6.73. The van der Waals surface area contributed by atoms with E-state index in [2.05, 4.69) is 19.7 Å². The first-order chi connectivity index (χ1) is 9.27. The van der Waals surface area contributed by atoms with E-state index in [4.69, 9.17) is 11.6 Å². The van der Waals surface area contributed by atoms with E-state index in [9.17, 15) is 13.2 Å². The number of nitrogens with one attached hydrogen (secondary N) is 1. The molecule has 1 N–H and O–H groups in total. The minimum atomic E-state index is -4.50. The largest absolute Gasteiger partial charge is 0.433 e. The van der Waals surface area contributed by atoms with E-state index in [0.717, 1.165) is 6.07 Å². The van der Waals surface area contributed by atoms with Gasteiger partial charge in [0.2, 0.25) is 5.13 Å². The molecule has 0 aromatic carbocycles. The van der Waals surface area contributed by atoms with Gasteiger partial charge in [-0.25, -0.2) is 9.97 Å². The Morgan fingerprint density at radius 3 is 2.50 bits per heavy atom. The van der Waals surface area contributed by atoms with Gasteiger partial charge in [0.05, 0.1) is 6.04 Å². The number of halogens is 4. The molecule has 2 rings (SSSR count). The molecule has 0 bridgehead atoms. The van der Waals surface area contributed by atoms with Gasteiger partial charge in [0.25, 0.3) is 0 Å². The number of nitrogens with zero attached hydrogens (tertiary/aromatic N) is 3. The maximum atomic E-state index is 12.5. The van der Waals surface area contributed by atoms with Crippen LogP contribution in [0.5, 0.6) is 0 Å². The lowest BCUT2D eigenvalue weighted by Crippen LogP contribution is -2.12. The first kappa shape index (κ1) is 15.0. The summed E-state index contributed by atoms with van der Waals surface area (Å²) in [6.07, 6.45) is -4.50. The highest BCUT2D eigenvalue weighted by Gasteiger charge is 2.33. The summed E-state index contributed by atoms with van der Waals surface area (Å²) in [5.74, 6) is 0.626. The van der Waals surface area contributed by atoms with Crippen molar-refractivity contribution in [2.45, 2.75) is 26.1 Å². The lowest BCUT2D eigenvalue weighted by atomic mass is 10.1. The van der Waals surface area contributed by atoms with Crippen LogP contribution in [-0.2, 0) is 6.18 Å². The average Bonchev–Trinajstić information content (AvgIpc) is 2.73. The van der Waals surface area contributed by atoms with Gasteiger partial charge in [-0.1, -0.05) is 17.7 Å². The number of hydrogen-bond acceptors (Lipinski definition) is 5. The maximum absolute atomic E-state index is 12.5. The molecule has 4 nitrogen and oxygen atoms in total. The summed E-state index contributed by atoms with van der Waals surface area (Å²) in [7, 11) is 0. The second-order valence-corrected chi connectivity index (χ2v) is 5.20. The van der Waals surface area contributed by atoms with E-state index in [0.29, 0.717) is 16.5 Å². The summed E-state index contributed by atoms with van der Waals surface area (Å²) in [5, 5.41) is 3.41.